The third-order valence-electron chi connectivity index (χ3n) is 4.74. The molecule has 1 amide bonds. The zero-order chi connectivity index (χ0) is 18.8. The van der Waals surface area contributed by atoms with E-state index < -0.39 is 0 Å². The Morgan fingerprint density at radius 1 is 1.33 bits per heavy atom. The molecule has 1 saturated heterocycles. The average molecular weight is 431 g/mol. The molecule has 8 heteroatoms. The summed E-state index contributed by atoms with van der Waals surface area (Å²) < 4.78 is 11.5. The van der Waals surface area contributed by atoms with Gasteiger partial charge in [-0.2, -0.15) is 0 Å². The lowest BCUT2D eigenvalue weighted by Crippen LogP contribution is -2.14. The number of aromatic nitrogens is 3. The van der Waals surface area contributed by atoms with Gasteiger partial charge in [-0.25, -0.2) is 9.97 Å². The van der Waals surface area contributed by atoms with E-state index in [1.165, 1.54) is 0 Å². The highest BCUT2D eigenvalue weighted by Crippen LogP contribution is 2.36. The van der Waals surface area contributed by atoms with Gasteiger partial charge >= 0.3 is 0 Å². The fourth-order valence-electron chi connectivity index (χ4n) is 3.38. The molecule has 0 atom stereocenters. The minimum absolute atomic E-state index is 0.260. The third kappa shape index (κ3) is 3.68. The molecular weight excluding hydrogens is 412 g/mol. The summed E-state index contributed by atoms with van der Waals surface area (Å²) in [7, 11) is 1.62. The Morgan fingerprint density at radius 2 is 2.15 bits per heavy atom. The molecule has 7 nitrogen and oxygen atoms in total. The number of hydrogen-bond donors (Lipinski definition) is 2. The number of fused-ring (bicyclic) bond motifs is 1. The summed E-state index contributed by atoms with van der Waals surface area (Å²) in [5.41, 5.74) is 3.26. The Hall–Kier alpha value is -2.45. The smallest absolute Gasteiger partial charge is 0.258 e. The maximum absolute atomic E-state index is 12.5. The number of anilines is 1. The van der Waals surface area contributed by atoms with Gasteiger partial charge in [0.05, 0.1) is 12.6 Å². The highest BCUT2D eigenvalue weighted by Gasteiger charge is 2.22. The molecule has 3 aromatic rings. The van der Waals surface area contributed by atoms with E-state index in [1.54, 1.807) is 25.4 Å². The fraction of sp³-hybridized carbons (Fsp3) is 0.316. The van der Waals surface area contributed by atoms with E-state index in [-0.39, 0.29) is 5.91 Å². The van der Waals surface area contributed by atoms with Gasteiger partial charge in [-0.1, -0.05) is 6.07 Å². The van der Waals surface area contributed by atoms with Crippen LogP contribution in [0.4, 0.5) is 5.95 Å². The number of ether oxygens (including phenoxy) is 2. The molecule has 1 aromatic carbocycles. The highest BCUT2D eigenvalue weighted by molar-refractivity contribution is 9.10. The number of carbonyl (C=O) groups is 1. The lowest BCUT2D eigenvalue weighted by atomic mass is 9.90. The molecule has 27 heavy (non-hydrogen) atoms. The van der Waals surface area contributed by atoms with E-state index >= 15 is 0 Å². The molecule has 3 heterocycles. The summed E-state index contributed by atoms with van der Waals surface area (Å²) in [5.74, 6) is 1.21. The van der Waals surface area contributed by atoms with Crippen LogP contribution in [0.2, 0.25) is 0 Å². The number of nitrogens with one attached hydrogen (secondary N) is 2. The first-order valence-electron chi connectivity index (χ1n) is 8.73. The molecule has 2 aromatic heterocycles. The second kappa shape index (κ2) is 7.66. The Bertz CT molecular complexity index is 982. The summed E-state index contributed by atoms with van der Waals surface area (Å²) in [6.45, 7) is 1.51. The van der Waals surface area contributed by atoms with Crippen molar-refractivity contribution in [2.24, 2.45) is 0 Å². The van der Waals surface area contributed by atoms with E-state index in [4.69, 9.17) is 9.47 Å². The van der Waals surface area contributed by atoms with Crippen LogP contribution in [-0.4, -0.2) is 41.2 Å². The number of halogens is 1. The molecule has 1 aliphatic heterocycles. The second-order valence-electron chi connectivity index (χ2n) is 6.37. The summed E-state index contributed by atoms with van der Waals surface area (Å²) in [4.78, 5) is 24.4. The molecule has 0 saturated carbocycles. The highest BCUT2D eigenvalue weighted by atomic mass is 79.9. The number of H-pyrrole nitrogens is 1. The molecule has 0 aliphatic carbocycles. The van der Waals surface area contributed by atoms with Crippen LogP contribution in [0.5, 0.6) is 5.75 Å². The quantitative estimate of drug-likeness (QED) is 0.613. The number of imidazole rings is 1. The number of methoxy groups -OCH3 is 1. The molecule has 1 fully saturated rings. The van der Waals surface area contributed by atoms with Crippen LogP contribution in [0.15, 0.2) is 35.1 Å². The topological polar surface area (TPSA) is 89.1 Å². The van der Waals surface area contributed by atoms with Crippen molar-refractivity contribution in [1.82, 2.24) is 15.0 Å². The molecule has 2 N–H and O–H groups in total. The van der Waals surface area contributed by atoms with Crippen LogP contribution >= 0.6 is 15.9 Å². The maximum atomic E-state index is 12.5. The average Bonchev–Trinajstić information content (AvgIpc) is 3.11. The van der Waals surface area contributed by atoms with Crippen LogP contribution in [-0.2, 0) is 4.74 Å². The molecular formula is C19H19BrN4O3. The van der Waals surface area contributed by atoms with Gasteiger partial charge < -0.3 is 14.5 Å². The molecule has 0 spiro atoms. The summed E-state index contributed by atoms with van der Waals surface area (Å²) in [6, 6.07) is 7.31. The monoisotopic (exact) mass is 430 g/mol. The Morgan fingerprint density at radius 3 is 2.89 bits per heavy atom. The normalized spacial score (nSPS) is 15.0. The third-order valence-corrected chi connectivity index (χ3v) is 5.17. The fourth-order valence-corrected chi connectivity index (χ4v) is 3.74. The number of carbonyl (C=O) groups excluding carboxylic acids is 1. The van der Waals surface area contributed by atoms with Crippen molar-refractivity contribution < 1.29 is 14.3 Å². The van der Waals surface area contributed by atoms with Crippen molar-refractivity contribution in [1.29, 1.82) is 0 Å². The summed E-state index contributed by atoms with van der Waals surface area (Å²) in [6.07, 6.45) is 3.49. The van der Waals surface area contributed by atoms with Gasteiger partial charge in [-0.15, -0.1) is 0 Å². The molecule has 0 bridgehead atoms. The van der Waals surface area contributed by atoms with Gasteiger partial charge in [0.25, 0.3) is 5.91 Å². The largest absolute Gasteiger partial charge is 0.494 e. The molecule has 4 rings (SSSR count). The van der Waals surface area contributed by atoms with Crippen LogP contribution in [0.1, 0.15) is 34.7 Å². The van der Waals surface area contributed by atoms with Crippen LogP contribution in [0, 0.1) is 0 Å². The molecule has 0 radical (unpaired) electrons. The van der Waals surface area contributed by atoms with Crippen molar-refractivity contribution in [2.75, 3.05) is 25.6 Å². The van der Waals surface area contributed by atoms with Gasteiger partial charge in [0.15, 0.2) is 0 Å². The number of rotatable bonds is 4. The van der Waals surface area contributed by atoms with Crippen molar-refractivity contribution in [3.8, 4) is 5.75 Å². The van der Waals surface area contributed by atoms with Crippen molar-refractivity contribution in [2.45, 2.75) is 18.8 Å². The maximum Gasteiger partial charge on any atom is 0.258 e. The molecule has 140 valence electrons. The Balaban J connectivity index is 1.68. The predicted octanol–water partition coefficient (Wildman–Crippen LogP) is 3.88. The number of aromatic amines is 1. The van der Waals surface area contributed by atoms with Crippen LogP contribution in [0.25, 0.3) is 11.0 Å². The SMILES string of the molecule is COc1ccc(C2CCOCC2)c2nc(NC(=O)c3ccnc(Br)c3)[nH]c12. The van der Waals surface area contributed by atoms with Crippen molar-refractivity contribution in [3.63, 3.8) is 0 Å². The van der Waals surface area contributed by atoms with E-state index in [2.05, 4.69) is 42.3 Å². The van der Waals surface area contributed by atoms with Crippen molar-refractivity contribution >= 4 is 38.8 Å². The van der Waals surface area contributed by atoms with Gasteiger partial charge in [-0.3, -0.25) is 10.1 Å². The minimum atomic E-state index is -0.260. The summed E-state index contributed by atoms with van der Waals surface area (Å²) >= 11 is 3.28. The lowest BCUT2D eigenvalue weighted by molar-refractivity contribution is 0.0856. The van der Waals surface area contributed by atoms with Gasteiger partial charge in [0, 0.05) is 25.0 Å². The van der Waals surface area contributed by atoms with E-state index in [9.17, 15) is 4.79 Å². The zero-order valence-electron chi connectivity index (χ0n) is 14.8. The number of pyridine rings is 1. The number of hydrogen-bond acceptors (Lipinski definition) is 5. The first-order valence-corrected chi connectivity index (χ1v) is 9.52. The zero-order valence-corrected chi connectivity index (χ0v) is 16.4. The minimum Gasteiger partial charge on any atom is -0.494 e. The summed E-state index contributed by atoms with van der Waals surface area (Å²) in [5, 5.41) is 2.82. The van der Waals surface area contributed by atoms with E-state index in [0.29, 0.717) is 27.8 Å². The first-order chi connectivity index (χ1) is 13.2. The Labute approximate surface area is 164 Å². The van der Waals surface area contributed by atoms with Gasteiger partial charge in [0.2, 0.25) is 5.95 Å². The Kier molecular flexibility index (Phi) is 5.09. The molecule has 0 unspecified atom stereocenters. The van der Waals surface area contributed by atoms with Gasteiger partial charge in [0.1, 0.15) is 15.9 Å². The van der Waals surface area contributed by atoms with E-state index in [0.717, 1.165) is 42.7 Å². The van der Waals surface area contributed by atoms with Crippen molar-refractivity contribution in [3.05, 3.63) is 46.2 Å². The first kappa shape index (κ1) is 17.9. The number of benzene rings is 1. The standard InChI is InChI=1S/C19H19BrN4O3/c1-26-14-3-2-13(11-5-8-27-9-6-11)16-17(14)23-19(22-16)24-18(25)12-4-7-21-15(20)10-12/h2-4,7,10-11H,5-6,8-9H2,1H3,(H2,22,23,24,25). The number of nitrogens with zero attached hydrogens (tertiary/aromatic N) is 2. The lowest BCUT2D eigenvalue weighted by Gasteiger charge is -2.22. The van der Waals surface area contributed by atoms with Crippen LogP contribution < -0.4 is 10.1 Å². The van der Waals surface area contributed by atoms with E-state index in [1.807, 2.05) is 6.07 Å². The number of amides is 1. The second-order valence-corrected chi connectivity index (χ2v) is 7.19. The van der Waals surface area contributed by atoms with Crippen LogP contribution in [0.3, 0.4) is 0 Å². The molecule has 1 aliphatic rings. The van der Waals surface area contributed by atoms with Gasteiger partial charge in [-0.05, 0) is 58.5 Å². The predicted molar refractivity (Wildman–Crippen MR) is 105 cm³/mol.